The van der Waals surface area contributed by atoms with Crippen LogP contribution in [0, 0.1) is 6.08 Å². The molecule has 0 amide bonds. The predicted molar refractivity (Wildman–Crippen MR) is 83.8 cm³/mol. The van der Waals surface area contributed by atoms with Gasteiger partial charge < -0.3 is 23.9 Å². The van der Waals surface area contributed by atoms with Crippen molar-refractivity contribution in [2.75, 3.05) is 0 Å². The first-order valence-corrected chi connectivity index (χ1v) is 9.10. The summed E-state index contributed by atoms with van der Waals surface area (Å²) >= 11 is 0. The molecule has 0 spiro atoms. The second-order valence-electron chi connectivity index (χ2n) is 4.81. The molecule has 0 bridgehead atoms. The maximum atomic E-state index is 6.58. The Kier molecular flexibility index (Phi) is 45.0. The summed E-state index contributed by atoms with van der Waals surface area (Å²) in [4.78, 5) is 0. The maximum absolute atomic E-state index is 6.58. The number of hydrogen-bond acceptors (Lipinski definition) is 0. The van der Waals surface area contributed by atoms with Crippen LogP contribution in [-0.2, 0) is 18.6 Å². The summed E-state index contributed by atoms with van der Waals surface area (Å²) in [5.74, 6) is 0. The standard InChI is InChI=1S/C5H5.2C3H8N.C3H9Si.ClH.V/c1-2-4-5-3-1;2*1-3(2)4;1-4(2)3;;/h1-3H,4H2;2*3-4H,1-2H3;1-3H3;1H;/q3*-1;;;+4/p-1. The van der Waals surface area contributed by atoms with Crippen molar-refractivity contribution in [3.8, 4) is 0 Å². The van der Waals surface area contributed by atoms with Crippen molar-refractivity contribution in [1.29, 1.82) is 0 Å². The molecule has 1 rings (SSSR count). The fraction of sp³-hybridized carbons (Fsp3) is 0.714. The van der Waals surface area contributed by atoms with Gasteiger partial charge in [-0.1, -0.05) is 47.3 Å². The molecule has 2 radical (unpaired) electrons. The van der Waals surface area contributed by atoms with Crippen LogP contribution < -0.4 is 12.4 Å². The summed E-state index contributed by atoms with van der Waals surface area (Å²) in [7, 11) is 0.120. The average molecular weight is 341 g/mol. The molecule has 0 aromatic rings. The van der Waals surface area contributed by atoms with Crippen LogP contribution in [0.3, 0.4) is 0 Å². The van der Waals surface area contributed by atoms with E-state index in [0.717, 1.165) is 6.42 Å². The van der Waals surface area contributed by atoms with Crippen molar-refractivity contribution in [3.05, 3.63) is 35.8 Å². The minimum Gasteiger partial charge on any atom is -1.00 e. The molecular formula is C14H30ClN2SiV. The van der Waals surface area contributed by atoms with Gasteiger partial charge in [0.25, 0.3) is 0 Å². The number of halogens is 1. The molecule has 19 heavy (non-hydrogen) atoms. The number of nitrogens with one attached hydrogen (secondary N) is 2. The van der Waals surface area contributed by atoms with Crippen molar-refractivity contribution >= 4 is 8.80 Å². The minimum absolute atomic E-state index is 0. The van der Waals surface area contributed by atoms with Crippen molar-refractivity contribution < 1.29 is 31.0 Å². The molecule has 0 aromatic heterocycles. The van der Waals surface area contributed by atoms with E-state index in [1.807, 2.05) is 39.8 Å². The topological polar surface area (TPSA) is 47.6 Å². The van der Waals surface area contributed by atoms with Gasteiger partial charge in [0, 0.05) is 8.80 Å². The van der Waals surface area contributed by atoms with E-state index in [1.165, 1.54) is 0 Å². The third-order valence-electron chi connectivity index (χ3n) is 0.586. The Morgan fingerprint density at radius 2 is 1.26 bits per heavy atom. The molecule has 2 nitrogen and oxygen atoms in total. The van der Waals surface area contributed by atoms with E-state index in [9.17, 15) is 0 Å². The first-order valence-electron chi connectivity index (χ1n) is 6.10. The Balaban J connectivity index is -0.0000000447. The van der Waals surface area contributed by atoms with Crippen LogP contribution in [0.5, 0.6) is 0 Å². The van der Waals surface area contributed by atoms with Crippen LogP contribution in [0.4, 0.5) is 0 Å². The Hall–Kier alpha value is 0.491. The van der Waals surface area contributed by atoms with Crippen LogP contribution in [-0.4, -0.2) is 20.9 Å². The van der Waals surface area contributed by atoms with E-state index in [2.05, 4.69) is 31.8 Å². The first-order chi connectivity index (χ1) is 7.70. The molecule has 1 aliphatic rings. The van der Waals surface area contributed by atoms with Gasteiger partial charge >= 0.3 is 18.6 Å². The Bertz CT molecular complexity index is 152. The fourth-order valence-corrected chi connectivity index (χ4v) is 0.340. The van der Waals surface area contributed by atoms with Gasteiger partial charge in [-0.25, -0.2) is 12.2 Å². The smallest absolute Gasteiger partial charge is 1.00 e. The molecule has 0 aliphatic heterocycles. The van der Waals surface area contributed by atoms with Crippen LogP contribution in [0.1, 0.15) is 34.1 Å². The molecule has 0 aromatic carbocycles. The van der Waals surface area contributed by atoms with E-state index in [0.29, 0.717) is 0 Å². The van der Waals surface area contributed by atoms with Gasteiger partial charge in [0.05, 0.1) is 0 Å². The van der Waals surface area contributed by atoms with Gasteiger partial charge in [-0.15, -0.1) is 18.5 Å². The monoisotopic (exact) mass is 340 g/mol. The molecule has 0 saturated carbocycles. The number of allylic oxidation sites excluding steroid dienone is 4. The number of hydrogen-bond donors (Lipinski definition) is 0. The second kappa shape index (κ2) is 26.9. The second-order valence-corrected chi connectivity index (χ2v) is 7.81. The van der Waals surface area contributed by atoms with E-state index in [-0.39, 0.29) is 51.8 Å². The maximum Gasteiger partial charge on any atom is 4.00 e. The van der Waals surface area contributed by atoms with Crippen LogP contribution in [0.15, 0.2) is 18.2 Å². The zero-order valence-corrected chi connectivity index (χ0v) is 16.6. The predicted octanol–water partition coefficient (Wildman–Crippen LogP) is 2.57. The SMILES string of the molecule is CC(C)[NH-].CC(C)[NH-].C[Si](C)C.[C-]1=CC=CC1.[Cl-].[V+4]. The van der Waals surface area contributed by atoms with E-state index >= 15 is 0 Å². The molecule has 0 heterocycles. The summed E-state index contributed by atoms with van der Waals surface area (Å²) in [6.45, 7) is 14.1. The molecule has 5 heteroatoms. The fourth-order valence-electron chi connectivity index (χ4n) is 0.340. The van der Waals surface area contributed by atoms with Gasteiger partial charge in [0.15, 0.2) is 0 Å². The van der Waals surface area contributed by atoms with Crippen molar-refractivity contribution in [2.45, 2.75) is 65.8 Å². The molecule has 2 N–H and O–H groups in total. The quantitative estimate of drug-likeness (QED) is 0.481. The summed E-state index contributed by atoms with van der Waals surface area (Å²) in [6, 6.07) is 0.167. The molecule has 0 atom stereocenters. The largest absolute Gasteiger partial charge is 4.00 e. The van der Waals surface area contributed by atoms with E-state index in [4.69, 9.17) is 11.5 Å². The Morgan fingerprint density at radius 3 is 1.32 bits per heavy atom. The van der Waals surface area contributed by atoms with Crippen molar-refractivity contribution in [1.82, 2.24) is 0 Å². The molecule has 1 aliphatic carbocycles. The van der Waals surface area contributed by atoms with E-state index in [1.54, 1.807) is 0 Å². The average Bonchev–Trinajstić information content (AvgIpc) is 2.53. The molecule has 0 saturated heterocycles. The summed E-state index contributed by atoms with van der Waals surface area (Å²) in [5, 5.41) is 0. The van der Waals surface area contributed by atoms with Crippen LogP contribution in [0.2, 0.25) is 19.6 Å². The summed E-state index contributed by atoms with van der Waals surface area (Å²) < 4.78 is 0. The Morgan fingerprint density at radius 1 is 1.00 bits per heavy atom. The van der Waals surface area contributed by atoms with Gasteiger partial charge in [-0.2, -0.15) is 6.08 Å². The zero-order chi connectivity index (χ0) is 14.3. The minimum atomic E-state index is 0. The third-order valence-corrected chi connectivity index (χ3v) is 0.586. The zero-order valence-electron chi connectivity index (χ0n) is 13.4. The van der Waals surface area contributed by atoms with Gasteiger partial charge in [-0.3, -0.25) is 6.08 Å². The van der Waals surface area contributed by atoms with Crippen molar-refractivity contribution in [2.24, 2.45) is 0 Å². The molecule has 0 unspecified atom stereocenters. The van der Waals surface area contributed by atoms with Crippen molar-refractivity contribution in [3.63, 3.8) is 0 Å². The van der Waals surface area contributed by atoms with E-state index < -0.39 is 0 Å². The summed E-state index contributed by atoms with van der Waals surface area (Å²) in [6.07, 6.45) is 10.0. The molecule has 112 valence electrons. The normalized spacial score (nSPS) is 10.3. The van der Waals surface area contributed by atoms with Gasteiger partial charge in [-0.05, 0) is 0 Å². The third kappa shape index (κ3) is 167. The van der Waals surface area contributed by atoms with Crippen LogP contribution >= 0.6 is 0 Å². The Labute approximate surface area is 141 Å². The molecule has 0 fully saturated rings. The summed E-state index contributed by atoms with van der Waals surface area (Å²) in [5.41, 5.74) is 13.2. The van der Waals surface area contributed by atoms with Gasteiger partial charge in [0.1, 0.15) is 0 Å². The van der Waals surface area contributed by atoms with Gasteiger partial charge in [0.2, 0.25) is 0 Å². The number of rotatable bonds is 0. The molecular weight excluding hydrogens is 311 g/mol. The first kappa shape index (κ1) is 31.7. The van der Waals surface area contributed by atoms with Crippen LogP contribution in [0.25, 0.3) is 11.5 Å².